The minimum Gasteiger partial charge on any atom is -0.394 e. The Balaban J connectivity index is 2.76. The van der Waals surface area contributed by atoms with E-state index >= 15 is 0 Å². The van der Waals surface area contributed by atoms with Gasteiger partial charge in [0, 0.05) is 6.54 Å². The van der Waals surface area contributed by atoms with Gasteiger partial charge in [0.2, 0.25) is 10.0 Å². The summed E-state index contributed by atoms with van der Waals surface area (Å²) in [4.78, 5) is 0.0503. The van der Waals surface area contributed by atoms with Gasteiger partial charge < -0.3 is 10.2 Å². The van der Waals surface area contributed by atoms with Crippen LogP contribution < -0.4 is 4.72 Å². The molecule has 1 unspecified atom stereocenters. The molecule has 1 rings (SSSR count). The van der Waals surface area contributed by atoms with Gasteiger partial charge in [-0.2, -0.15) is 5.26 Å². The summed E-state index contributed by atoms with van der Waals surface area (Å²) >= 11 is 0. The average molecular weight is 270 g/mol. The normalized spacial score (nSPS) is 12.9. The SMILES string of the molecule is N#CCc1ccc(S(=O)(=O)NCC(O)CO)cc1. The summed E-state index contributed by atoms with van der Waals surface area (Å²) in [6, 6.07) is 7.85. The largest absolute Gasteiger partial charge is 0.394 e. The predicted molar refractivity (Wildman–Crippen MR) is 64.0 cm³/mol. The van der Waals surface area contributed by atoms with E-state index in [0.717, 1.165) is 5.56 Å². The molecule has 18 heavy (non-hydrogen) atoms. The number of aliphatic hydroxyl groups is 2. The number of aliphatic hydroxyl groups excluding tert-OH is 2. The van der Waals surface area contributed by atoms with Crippen LogP contribution in [0.3, 0.4) is 0 Å². The lowest BCUT2D eigenvalue weighted by molar-refractivity contribution is 0.0988. The van der Waals surface area contributed by atoms with E-state index in [2.05, 4.69) is 4.72 Å². The molecule has 0 saturated heterocycles. The summed E-state index contributed by atoms with van der Waals surface area (Å²) < 4.78 is 25.7. The molecule has 0 fully saturated rings. The fraction of sp³-hybridized carbons (Fsp3) is 0.364. The number of hydrogen-bond acceptors (Lipinski definition) is 5. The number of nitriles is 1. The lowest BCUT2D eigenvalue weighted by Crippen LogP contribution is -2.33. The summed E-state index contributed by atoms with van der Waals surface area (Å²) in [5, 5.41) is 26.1. The third kappa shape index (κ3) is 4.09. The minimum atomic E-state index is -3.70. The van der Waals surface area contributed by atoms with Crippen LogP contribution in [0, 0.1) is 11.3 Å². The molecule has 0 radical (unpaired) electrons. The molecule has 98 valence electrons. The van der Waals surface area contributed by atoms with Crippen molar-refractivity contribution >= 4 is 10.0 Å². The van der Waals surface area contributed by atoms with Gasteiger partial charge in [0.15, 0.2) is 0 Å². The molecule has 0 spiro atoms. The Kier molecular flexibility index (Phi) is 5.25. The van der Waals surface area contributed by atoms with Crippen LogP contribution >= 0.6 is 0 Å². The van der Waals surface area contributed by atoms with E-state index in [1.165, 1.54) is 12.1 Å². The second-order valence-corrected chi connectivity index (χ2v) is 5.43. The zero-order valence-electron chi connectivity index (χ0n) is 9.57. The van der Waals surface area contributed by atoms with Crippen LogP contribution in [0.25, 0.3) is 0 Å². The third-order valence-electron chi connectivity index (χ3n) is 2.24. The lowest BCUT2D eigenvalue weighted by Gasteiger charge is -2.10. The van der Waals surface area contributed by atoms with Crippen molar-refractivity contribution in [3.8, 4) is 6.07 Å². The summed E-state index contributed by atoms with van der Waals surface area (Å²) in [5.41, 5.74) is 0.729. The van der Waals surface area contributed by atoms with E-state index in [-0.39, 0.29) is 17.9 Å². The highest BCUT2D eigenvalue weighted by molar-refractivity contribution is 7.89. The Labute approximate surface area is 106 Å². The van der Waals surface area contributed by atoms with Gasteiger partial charge in [-0.1, -0.05) is 12.1 Å². The van der Waals surface area contributed by atoms with Gasteiger partial charge in [-0.15, -0.1) is 0 Å². The van der Waals surface area contributed by atoms with Crippen molar-refractivity contribution in [1.29, 1.82) is 5.26 Å². The highest BCUT2D eigenvalue weighted by atomic mass is 32.2. The van der Waals surface area contributed by atoms with Crippen LogP contribution in [0.1, 0.15) is 5.56 Å². The zero-order chi connectivity index (χ0) is 13.6. The second-order valence-electron chi connectivity index (χ2n) is 3.67. The molecular formula is C11H14N2O4S. The third-order valence-corrected chi connectivity index (χ3v) is 3.68. The van der Waals surface area contributed by atoms with E-state index < -0.39 is 22.7 Å². The van der Waals surface area contributed by atoms with Crippen molar-refractivity contribution in [3.63, 3.8) is 0 Å². The van der Waals surface area contributed by atoms with Crippen molar-refractivity contribution in [2.45, 2.75) is 17.4 Å². The van der Waals surface area contributed by atoms with Crippen molar-refractivity contribution in [2.24, 2.45) is 0 Å². The van der Waals surface area contributed by atoms with Gasteiger partial charge in [0.05, 0.1) is 30.1 Å². The summed E-state index contributed by atoms with van der Waals surface area (Å²) in [6.45, 7) is -0.762. The van der Waals surface area contributed by atoms with Crippen molar-refractivity contribution in [3.05, 3.63) is 29.8 Å². The van der Waals surface area contributed by atoms with Crippen LogP contribution in [0.5, 0.6) is 0 Å². The molecule has 7 heteroatoms. The monoisotopic (exact) mass is 270 g/mol. The van der Waals surface area contributed by atoms with Gasteiger partial charge in [-0.25, -0.2) is 13.1 Å². The first-order valence-electron chi connectivity index (χ1n) is 5.24. The molecule has 1 atom stereocenters. The summed E-state index contributed by atoms with van der Waals surface area (Å²) in [7, 11) is -3.70. The summed E-state index contributed by atoms with van der Waals surface area (Å²) in [6.07, 6.45) is -0.908. The number of sulfonamides is 1. The average Bonchev–Trinajstić information content (AvgIpc) is 2.37. The maximum Gasteiger partial charge on any atom is 0.240 e. The Hall–Kier alpha value is -1.46. The Bertz CT molecular complexity index is 519. The van der Waals surface area contributed by atoms with Gasteiger partial charge in [-0.3, -0.25) is 0 Å². The number of benzene rings is 1. The van der Waals surface area contributed by atoms with Crippen LogP contribution in [-0.4, -0.2) is 37.9 Å². The molecule has 0 bridgehead atoms. The summed E-state index contributed by atoms with van der Waals surface area (Å²) in [5.74, 6) is 0. The van der Waals surface area contributed by atoms with Gasteiger partial charge in [0.25, 0.3) is 0 Å². The smallest absolute Gasteiger partial charge is 0.240 e. The first kappa shape index (κ1) is 14.6. The lowest BCUT2D eigenvalue weighted by atomic mass is 10.2. The molecular weight excluding hydrogens is 256 g/mol. The highest BCUT2D eigenvalue weighted by Crippen LogP contribution is 2.10. The molecule has 0 aliphatic carbocycles. The molecule has 1 aromatic carbocycles. The number of rotatable bonds is 6. The fourth-order valence-electron chi connectivity index (χ4n) is 1.23. The molecule has 0 aliphatic heterocycles. The fourth-order valence-corrected chi connectivity index (χ4v) is 2.30. The van der Waals surface area contributed by atoms with E-state index in [0.29, 0.717) is 0 Å². The van der Waals surface area contributed by atoms with Crippen molar-refractivity contribution < 1.29 is 18.6 Å². The quantitative estimate of drug-likeness (QED) is 0.638. The predicted octanol–water partition coefficient (Wildman–Crippen LogP) is -0.616. The maximum absolute atomic E-state index is 11.8. The second kappa shape index (κ2) is 6.47. The highest BCUT2D eigenvalue weighted by Gasteiger charge is 2.15. The first-order chi connectivity index (χ1) is 8.49. The zero-order valence-corrected chi connectivity index (χ0v) is 10.4. The van der Waals surface area contributed by atoms with Crippen LogP contribution in [0.2, 0.25) is 0 Å². The molecule has 0 saturated carbocycles. The maximum atomic E-state index is 11.8. The van der Waals surface area contributed by atoms with Crippen LogP contribution in [0.15, 0.2) is 29.2 Å². The van der Waals surface area contributed by atoms with Crippen LogP contribution in [-0.2, 0) is 16.4 Å². The van der Waals surface area contributed by atoms with Crippen molar-refractivity contribution in [2.75, 3.05) is 13.2 Å². The standard InChI is InChI=1S/C11H14N2O4S/c12-6-5-9-1-3-11(4-2-9)18(16,17)13-7-10(15)8-14/h1-4,10,13-15H,5,7-8H2. The number of hydrogen-bond donors (Lipinski definition) is 3. The van der Waals surface area contributed by atoms with E-state index in [1.807, 2.05) is 6.07 Å². The minimum absolute atomic E-state index is 0.0503. The first-order valence-corrected chi connectivity index (χ1v) is 6.72. The van der Waals surface area contributed by atoms with E-state index in [4.69, 9.17) is 15.5 Å². The van der Waals surface area contributed by atoms with E-state index in [1.54, 1.807) is 12.1 Å². The molecule has 0 aliphatic rings. The topological polar surface area (TPSA) is 110 Å². The molecule has 0 amide bonds. The van der Waals surface area contributed by atoms with Gasteiger partial charge in [0.1, 0.15) is 0 Å². The van der Waals surface area contributed by atoms with Gasteiger partial charge >= 0.3 is 0 Å². The molecule has 0 aromatic heterocycles. The Morgan fingerprint density at radius 1 is 1.33 bits per heavy atom. The molecule has 0 heterocycles. The Morgan fingerprint density at radius 3 is 2.44 bits per heavy atom. The molecule has 3 N–H and O–H groups in total. The molecule has 6 nitrogen and oxygen atoms in total. The van der Waals surface area contributed by atoms with Crippen LogP contribution in [0.4, 0.5) is 0 Å². The number of nitrogens with one attached hydrogen (secondary N) is 1. The molecule has 1 aromatic rings. The van der Waals surface area contributed by atoms with Gasteiger partial charge in [-0.05, 0) is 17.7 Å². The van der Waals surface area contributed by atoms with E-state index in [9.17, 15) is 8.42 Å². The van der Waals surface area contributed by atoms with Crippen molar-refractivity contribution in [1.82, 2.24) is 4.72 Å². The number of nitrogens with zero attached hydrogens (tertiary/aromatic N) is 1. The Morgan fingerprint density at radius 2 is 1.94 bits per heavy atom.